The van der Waals surface area contributed by atoms with Gasteiger partial charge in [-0.25, -0.2) is 0 Å². The van der Waals surface area contributed by atoms with Crippen LogP contribution >= 0.6 is 23.2 Å². The standard InChI is InChI=1S/C25H22Cl2N2O4/c1-15(30)32-23(18-11-13-28-14-12-18)24-25(31)29(2)21(16-3-7-19(26)8-4-16)22(33-24)17-5-9-20(27)10-6-17/h3-14,21-24H,1-2H3/t21-,22?,23?,24?/m0/s1. The molecule has 0 spiro atoms. The highest BCUT2D eigenvalue weighted by Crippen LogP contribution is 2.44. The summed E-state index contributed by atoms with van der Waals surface area (Å²) in [5.41, 5.74) is 2.31. The van der Waals surface area contributed by atoms with Crippen molar-refractivity contribution >= 4 is 35.1 Å². The molecular weight excluding hydrogens is 463 g/mol. The van der Waals surface area contributed by atoms with E-state index in [9.17, 15) is 9.59 Å². The van der Waals surface area contributed by atoms with Gasteiger partial charge in [0.1, 0.15) is 6.10 Å². The number of likely N-dealkylation sites (N-methyl/N-ethyl adjacent to an activating group) is 1. The number of pyridine rings is 1. The number of esters is 1. The highest BCUT2D eigenvalue weighted by molar-refractivity contribution is 6.30. The maximum atomic E-state index is 13.6. The van der Waals surface area contributed by atoms with E-state index in [-0.39, 0.29) is 5.91 Å². The molecule has 0 bridgehead atoms. The van der Waals surface area contributed by atoms with Gasteiger partial charge in [0, 0.05) is 36.4 Å². The Morgan fingerprint density at radius 3 is 2.06 bits per heavy atom. The summed E-state index contributed by atoms with van der Waals surface area (Å²) in [5, 5.41) is 1.19. The van der Waals surface area contributed by atoms with Gasteiger partial charge < -0.3 is 14.4 Å². The average Bonchev–Trinajstić information content (AvgIpc) is 2.81. The summed E-state index contributed by atoms with van der Waals surface area (Å²) in [6, 6.07) is 17.5. The lowest BCUT2D eigenvalue weighted by Gasteiger charge is -2.44. The summed E-state index contributed by atoms with van der Waals surface area (Å²) >= 11 is 12.2. The second kappa shape index (κ2) is 9.91. The molecule has 0 radical (unpaired) electrons. The fourth-order valence-electron chi connectivity index (χ4n) is 4.04. The van der Waals surface area contributed by atoms with E-state index in [4.69, 9.17) is 32.7 Å². The van der Waals surface area contributed by atoms with Crippen molar-refractivity contribution in [3.05, 3.63) is 99.8 Å². The number of aromatic nitrogens is 1. The minimum absolute atomic E-state index is 0.303. The fraction of sp³-hybridized carbons (Fsp3) is 0.240. The van der Waals surface area contributed by atoms with Gasteiger partial charge in [0.25, 0.3) is 5.91 Å². The third kappa shape index (κ3) is 5.03. The molecule has 8 heteroatoms. The van der Waals surface area contributed by atoms with Crippen LogP contribution in [0.4, 0.5) is 0 Å². The molecule has 1 aliphatic heterocycles. The Balaban J connectivity index is 1.78. The van der Waals surface area contributed by atoms with E-state index in [2.05, 4.69) is 4.98 Å². The number of morpholine rings is 1. The lowest BCUT2D eigenvalue weighted by molar-refractivity contribution is -0.193. The van der Waals surface area contributed by atoms with E-state index >= 15 is 0 Å². The van der Waals surface area contributed by atoms with Crippen molar-refractivity contribution in [1.82, 2.24) is 9.88 Å². The van der Waals surface area contributed by atoms with Crippen LogP contribution in [0.5, 0.6) is 0 Å². The Labute approximate surface area is 202 Å². The molecule has 4 atom stereocenters. The molecule has 6 nitrogen and oxygen atoms in total. The number of hydrogen-bond donors (Lipinski definition) is 0. The third-order valence-corrected chi connectivity index (χ3v) is 6.10. The van der Waals surface area contributed by atoms with Gasteiger partial charge in [0.15, 0.2) is 12.2 Å². The van der Waals surface area contributed by atoms with Crippen molar-refractivity contribution in [3.8, 4) is 0 Å². The predicted molar refractivity (Wildman–Crippen MR) is 125 cm³/mol. The molecule has 3 aromatic rings. The third-order valence-electron chi connectivity index (χ3n) is 5.60. The molecule has 2 heterocycles. The number of benzene rings is 2. The molecule has 33 heavy (non-hydrogen) atoms. The highest BCUT2D eigenvalue weighted by atomic mass is 35.5. The lowest BCUT2D eigenvalue weighted by Crippen LogP contribution is -2.51. The van der Waals surface area contributed by atoms with Crippen LogP contribution in [-0.2, 0) is 19.1 Å². The van der Waals surface area contributed by atoms with Crippen molar-refractivity contribution < 1.29 is 19.1 Å². The average molecular weight is 485 g/mol. The molecule has 0 saturated carbocycles. The number of carbonyl (C=O) groups is 2. The van der Waals surface area contributed by atoms with Gasteiger partial charge in [-0.2, -0.15) is 0 Å². The first-order valence-electron chi connectivity index (χ1n) is 10.4. The minimum Gasteiger partial charge on any atom is -0.454 e. The van der Waals surface area contributed by atoms with Crippen LogP contribution in [0, 0.1) is 0 Å². The van der Waals surface area contributed by atoms with Crippen LogP contribution in [0.1, 0.15) is 41.9 Å². The summed E-state index contributed by atoms with van der Waals surface area (Å²) in [6.45, 7) is 1.30. The van der Waals surface area contributed by atoms with Gasteiger partial charge >= 0.3 is 5.97 Å². The SMILES string of the molecule is CC(=O)OC(c1ccncc1)C1OC(c2ccc(Cl)cc2)[C@H](c2ccc(Cl)cc2)N(C)C1=O. The molecule has 1 fully saturated rings. The molecule has 1 amide bonds. The van der Waals surface area contributed by atoms with Gasteiger partial charge in [-0.05, 0) is 53.1 Å². The van der Waals surface area contributed by atoms with E-state index in [1.165, 1.54) is 6.92 Å². The van der Waals surface area contributed by atoms with E-state index in [1.54, 1.807) is 60.7 Å². The van der Waals surface area contributed by atoms with Crippen molar-refractivity contribution in [3.63, 3.8) is 0 Å². The van der Waals surface area contributed by atoms with Gasteiger partial charge in [0.05, 0.1) is 6.04 Å². The minimum atomic E-state index is -1.05. The Morgan fingerprint density at radius 2 is 1.52 bits per heavy atom. The monoisotopic (exact) mass is 484 g/mol. The molecule has 3 unspecified atom stereocenters. The topological polar surface area (TPSA) is 68.7 Å². The molecule has 4 rings (SSSR count). The van der Waals surface area contributed by atoms with E-state index in [0.717, 1.165) is 11.1 Å². The van der Waals surface area contributed by atoms with Crippen LogP contribution in [0.15, 0.2) is 73.1 Å². The first-order valence-corrected chi connectivity index (χ1v) is 11.1. The Hall–Kier alpha value is -2.93. The van der Waals surface area contributed by atoms with E-state index in [1.807, 2.05) is 24.3 Å². The quantitative estimate of drug-likeness (QED) is 0.457. The van der Waals surface area contributed by atoms with Gasteiger partial charge in [-0.15, -0.1) is 0 Å². The number of rotatable bonds is 5. The maximum absolute atomic E-state index is 13.6. The molecule has 0 N–H and O–H groups in total. The Kier molecular flexibility index (Phi) is 6.98. The molecule has 1 aromatic heterocycles. The molecule has 0 aliphatic carbocycles. The first kappa shape index (κ1) is 23.2. The van der Waals surface area contributed by atoms with Gasteiger partial charge in [-0.3, -0.25) is 14.6 Å². The summed E-state index contributed by atoms with van der Waals surface area (Å²) in [5.74, 6) is -0.818. The zero-order valence-corrected chi connectivity index (χ0v) is 19.5. The molecule has 1 aliphatic rings. The zero-order chi connectivity index (χ0) is 23.5. The van der Waals surface area contributed by atoms with Crippen LogP contribution in [0.25, 0.3) is 0 Å². The number of amides is 1. The number of ether oxygens (including phenoxy) is 2. The van der Waals surface area contributed by atoms with Crippen molar-refractivity contribution in [2.75, 3.05) is 7.05 Å². The molecule has 2 aromatic carbocycles. The van der Waals surface area contributed by atoms with E-state index < -0.39 is 30.3 Å². The second-order valence-electron chi connectivity index (χ2n) is 7.78. The van der Waals surface area contributed by atoms with Crippen molar-refractivity contribution in [1.29, 1.82) is 0 Å². The van der Waals surface area contributed by atoms with Crippen LogP contribution in [0.3, 0.4) is 0 Å². The predicted octanol–water partition coefficient (Wildman–Crippen LogP) is 5.33. The van der Waals surface area contributed by atoms with Crippen LogP contribution in [-0.4, -0.2) is 34.9 Å². The molecule has 1 saturated heterocycles. The van der Waals surface area contributed by atoms with Gasteiger partial charge in [0.2, 0.25) is 0 Å². The van der Waals surface area contributed by atoms with Crippen molar-refractivity contribution in [2.45, 2.75) is 31.3 Å². The summed E-state index contributed by atoms with van der Waals surface area (Å²) in [7, 11) is 1.72. The largest absolute Gasteiger partial charge is 0.454 e. The zero-order valence-electron chi connectivity index (χ0n) is 18.0. The Bertz CT molecular complexity index is 1120. The van der Waals surface area contributed by atoms with E-state index in [0.29, 0.717) is 15.6 Å². The lowest BCUT2D eigenvalue weighted by atomic mass is 9.90. The normalized spacial score (nSPS) is 21.5. The number of carbonyl (C=O) groups excluding carboxylic acids is 2. The Morgan fingerprint density at radius 1 is 0.970 bits per heavy atom. The molecule has 170 valence electrons. The number of nitrogens with zero attached hydrogens (tertiary/aromatic N) is 2. The van der Waals surface area contributed by atoms with Crippen molar-refractivity contribution in [2.24, 2.45) is 0 Å². The number of hydrogen-bond acceptors (Lipinski definition) is 5. The molecular formula is C25H22Cl2N2O4. The summed E-state index contributed by atoms with van der Waals surface area (Å²) < 4.78 is 12.0. The van der Waals surface area contributed by atoms with Gasteiger partial charge in [-0.1, -0.05) is 47.5 Å². The summed E-state index contributed by atoms with van der Waals surface area (Å²) in [4.78, 5) is 31.1. The van der Waals surface area contributed by atoms with Crippen LogP contribution in [0.2, 0.25) is 10.0 Å². The highest BCUT2D eigenvalue weighted by Gasteiger charge is 2.47. The van der Waals surface area contributed by atoms with Crippen LogP contribution < -0.4 is 0 Å². The fourth-order valence-corrected chi connectivity index (χ4v) is 4.29. The maximum Gasteiger partial charge on any atom is 0.303 e. The first-order chi connectivity index (χ1) is 15.8. The smallest absolute Gasteiger partial charge is 0.303 e. The summed E-state index contributed by atoms with van der Waals surface area (Å²) in [6.07, 6.45) is 0.634. The number of halogens is 2. The second-order valence-corrected chi connectivity index (χ2v) is 8.66.